The minimum atomic E-state index is -1.58. The van der Waals surface area contributed by atoms with E-state index in [9.17, 15) is 34.2 Å². The molecule has 0 saturated carbocycles. The highest BCUT2D eigenvalue weighted by molar-refractivity contribution is 5.95. The molecule has 0 spiro atoms. The molecule has 5 N–H and O–H groups in total. The van der Waals surface area contributed by atoms with E-state index in [1.54, 1.807) is 0 Å². The molecule has 16 heteroatoms. The van der Waals surface area contributed by atoms with Gasteiger partial charge in [-0.15, -0.1) is 6.42 Å². The lowest BCUT2D eigenvalue weighted by molar-refractivity contribution is -0.146. The van der Waals surface area contributed by atoms with Crippen LogP contribution in [-0.4, -0.2) is 124 Å². The number of aliphatic carboxylic acids is 2. The minimum absolute atomic E-state index is 0.162. The van der Waals surface area contributed by atoms with Crippen LogP contribution in [0.4, 0.5) is 0 Å². The summed E-state index contributed by atoms with van der Waals surface area (Å²) in [5.74, 6) is -2.27. The summed E-state index contributed by atoms with van der Waals surface area (Å²) < 4.78 is 33.0. The molecule has 16 nitrogen and oxygen atoms in total. The second-order valence-electron chi connectivity index (χ2n) is 11.5. The fourth-order valence-corrected chi connectivity index (χ4v) is 4.76. The van der Waals surface area contributed by atoms with Gasteiger partial charge in [0.25, 0.3) is 17.7 Å². The average Bonchev–Trinajstić information content (AvgIpc) is 3.57. The number of rotatable bonds is 27. The molecule has 4 atom stereocenters. The van der Waals surface area contributed by atoms with E-state index in [-0.39, 0.29) is 38.5 Å². The van der Waals surface area contributed by atoms with Crippen molar-refractivity contribution in [1.82, 2.24) is 16.0 Å². The molecule has 1 fully saturated rings. The monoisotopic (exact) mass is 721 g/mol. The zero-order valence-corrected chi connectivity index (χ0v) is 29.3. The van der Waals surface area contributed by atoms with E-state index < -0.39 is 54.3 Å². The standard InChI is InChI=1S/C35H51N3O13/c1-4-7-9-26(33(42)43)37-31(40)28-29(32(41)38-27(34(44)45)10-8-5-2)51-35(50-28)25-13-11-24(12-14-25)30(39)36-15-17-47-19-21-49-23-22-48-20-18-46-16-6-3/h3,11-14,26-29,35H,4-5,7-10,15-23H2,1-2H3,(H,36,39)(H,37,40)(H,38,41)(H,42,43)(H,44,45)/t26-,27-,28+,29+/m0/s1. The van der Waals surface area contributed by atoms with Gasteiger partial charge in [0.15, 0.2) is 18.5 Å². The smallest absolute Gasteiger partial charge is 0.326 e. The van der Waals surface area contributed by atoms with Crippen molar-refractivity contribution in [3.8, 4) is 12.3 Å². The van der Waals surface area contributed by atoms with Crippen molar-refractivity contribution in [3.63, 3.8) is 0 Å². The van der Waals surface area contributed by atoms with Gasteiger partial charge in [0, 0.05) is 17.7 Å². The largest absolute Gasteiger partial charge is 0.480 e. The maximum Gasteiger partial charge on any atom is 0.326 e. The van der Waals surface area contributed by atoms with Crippen LogP contribution in [0.5, 0.6) is 0 Å². The highest BCUT2D eigenvalue weighted by Gasteiger charge is 2.47. The van der Waals surface area contributed by atoms with Crippen LogP contribution in [0, 0.1) is 12.3 Å². The molecule has 0 radical (unpaired) electrons. The zero-order chi connectivity index (χ0) is 37.4. The number of hydrogen-bond donors (Lipinski definition) is 5. The number of hydrogen-bond acceptors (Lipinski definition) is 11. The summed E-state index contributed by atoms with van der Waals surface area (Å²) in [7, 11) is 0. The average molecular weight is 722 g/mol. The molecule has 1 aliphatic rings. The van der Waals surface area contributed by atoms with Gasteiger partial charge < -0.3 is 54.6 Å². The quantitative estimate of drug-likeness (QED) is 0.0643. The van der Waals surface area contributed by atoms with Crippen LogP contribution in [0.15, 0.2) is 24.3 Å². The first kappa shape index (κ1) is 43.1. The molecule has 2 rings (SSSR count). The number of carboxylic acids is 2. The van der Waals surface area contributed by atoms with Gasteiger partial charge in [0.2, 0.25) is 0 Å². The number of carbonyl (C=O) groups excluding carboxylic acids is 3. The van der Waals surface area contributed by atoms with Crippen LogP contribution in [-0.2, 0) is 47.6 Å². The number of ether oxygens (including phenoxy) is 6. The molecular weight excluding hydrogens is 670 g/mol. The second-order valence-corrected chi connectivity index (χ2v) is 11.5. The molecule has 284 valence electrons. The Labute approximate surface area is 298 Å². The number of carboxylic acid groups (broad SMARTS) is 2. The second kappa shape index (κ2) is 24.9. The van der Waals surface area contributed by atoms with E-state index in [0.717, 1.165) is 0 Å². The SMILES string of the molecule is C#CCOCCOCCOCCOCCNC(=O)c1ccc(C2O[C@@H](C(=O)N[C@@H](CCCC)C(=O)O)[C@H](C(=O)N[C@@H](CCCC)C(=O)O)O2)cc1. The van der Waals surface area contributed by atoms with Crippen molar-refractivity contribution in [3.05, 3.63) is 35.4 Å². The van der Waals surface area contributed by atoms with Crippen molar-refractivity contribution < 1.29 is 62.6 Å². The predicted octanol–water partition coefficient (Wildman–Crippen LogP) is 1.42. The predicted molar refractivity (Wildman–Crippen MR) is 182 cm³/mol. The van der Waals surface area contributed by atoms with E-state index in [2.05, 4.69) is 21.9 Å². The summed E-state index contributed by atoms with van der Waals surface area (Å²) >= 11 is 0. The lowest BCUT2D eigenvalue weighted by atomic mass is 10.1. The molecule has 1 aromatic carbocycles. The Bertz CT molecular complexity index is 1220. The van der Waals surface area contributed by atoms with Crippen molar-refractivity contribution in [2.75, 3.05) is 59.4 Å². The number of benzene rings is 1. The van der Waals surface area contributed by atoms with Crippen LogP contribution in [0.3, 0.4) is 0 Å². The van der Waals surface area contributed by atoms with Crippen molar-refractivity contribution in [1.29, 1.82) is 0 Å². The number of amides is 3. The van der Waals surface area contributed by atoms with Gasteiger partial charge in [-0.2, -0.15) is 0 Å². The third kappa shape index (κ3) is 16.2. The van der Waals surface area contributed by atoms with Crippen LogP contribution in [0.1, 0.15) is 74.6 Å². The third-order valence-corrected chi connectivity index (χ3v) is 7.53. The Morgan fingerprint density at radius 3 is 1.63 bits per heavy atom. The highest BCUT2D eigenvalue weighted by Crippen LogP contribution is 2.32. The van der Waals surface area contributed by atoms with Crippen molar-refractivity contribution >= 4 is 29.7 Å². The van der Waals surface area contributed by atoms with Crippen LogP contribution in [0.2, 0.25) is 0 Å². The molecule has 1 aliphatic heterocycles. The first-order valence-corrected chi connectivity index (χ1v) is 17.1. The fraction of sp³-hybridized carbons (Fsp3) is 0.629. The summed E-state index contributed by atoms with van der Waals surface area (Å²) in [4.78, 5) is 62.7. The van der Waals surface area contributed by atoms with Crippen LogP contribution < -0.4 is 16.0 Å². The Morgan fingerprint density at radius 2 is 1.20 bits per heavy atom. The van der Waals surface area contributed by atoms with Gasteiger partial charge in [-0.3, -0.25) is 14.4 Å². The molecule has 0 aromatic heterocycles. The first-order valence-electron chi connectivity index (χ1n) is 17.1. The van der Waals surface area contributed by atoms with Crippen LogP contribution >= 0.6 is 0 Å². The van der Waals surface area contributed by atoms with Crippen molar-refractivity contribution in [2.45, 2.75) is 83.0 Å². The molecule has 1 saturated heterocycles. The summed E-state index contributed by atoms with van der Waals surface area (Å²) in [6.45, 7) is 6.86. The van der Waals surface area contributed by atoms with E-state index in [1.807, 2.05) is 13.8 Å². The van der Waals surface area contributed by atoms with E-state index in [0.29, 0.717) is 76.5 Å². The third-order valence-electron chi connectivity index (χ3n) is 7.53. The van der Waals surface area contributed by atoms with Gasteiger partial charge in [0.1, 0.15) is 18.7 Å². The first-order chi connectivity index (χ1) is 24.6. The summed E-state index contributed by atoms with van der Waals surface area (Å²) in [5, 5.41) is 26.8. The number of unbranched alkanes of at least 4 members (excludes halogenated alkanes) is 2. The van der Waals surface area contributed by atoms with Gasteiger partial charge in [-0.05, 0) is 25.0 Å². The summed E-state index contributed by atoms with van der Waals surface area (Å²) in [5.41, 5.74) is 0.681. The highest BCUT2D eigenvalue weighted by atomic mass is 16.7. The molecule has 3 amide bonds. The molecule has 1 heterocycles. The lowest BCUT2D eigenvalue weighted by Gasteiger charge is -2.21. The maximum atomic E-state index is 13.3. The topological polar surface area (TPSA) is 217 Å². The van der Waals surface area contributed by atoms with Crippen molar-refractivity contribution in [2.24, 2.45) is 0 Å². The molecule has 0 bridgehead atoms. The van der Waals surface area contributed by atoms with Gasteiger partial charge >= 0.3 is 11.9 Å². The van der Waals surface area contributed by atoms with E-state index >= 15 is 0 Å². The minimum Gasteiger partial charge on any atom is -0.480 e. The van der Waals surface area contributed by atoms with E-state index in [4.69, 9.17) is 34.8 Å². The zero-order valence-electron chi connectivity index (χ0n) is 29.3. The van der Waals surface area contributed by atoms with Crippen LogP contribution in [0.25, 0.3) is 0 Å². The number of carbonyl (C=O) groups is 5. The molecular formula is C35H51N3O13. The number of terminal acetylenes is 1. The molecule has 51 heavy (non-hydrogen) atoms. The Morgan fingerprint density at radius 1 is 0.745 bits per heavy atom. The van der Waals surface area contributed by atoms with Gasteiger partial charge in [-0.25, -0.2) is 9.59 Å². The lowest BCUT2D eigenvalue weighted by Crippen LogP contribution is -2.53. The molecule has 0 aliphatic carbocycles. The molecule has 0 unspecified atom stereocenters. The summed E-state index contributed by atoms with van der Waals surface area (Å²) in [6.07, 6.45) is 3.48. The Hall–Kier alpha value is -4.11. The molecule has 1 aromatic rings. The Balaban J connectivity index is 1.92. The number of nitrogens with one attached hydrogen (secondary N) is 3. The fourth-order valence-electron chi connectivity index (χ4n) is 4.76. The summed E-state index contributed by atoms with van der Waals surface area (Å²) in [6, 6.07) is 3.62. The van der Waals surface area contributed by atoms with Gasteiger partial charge in [0.05, 0.1) is 46.2 Å². The maximum absolute atomic E-state index is 13.3. The Kier molecular flexibility index (Phi) is 21.1. The van der Waals surface area contributed by atoms with Gasteiger partial charge in [-0.1, -0.05) is 57.6 Å². The van der Waals surface area contributed by atoms with E-state index in [1.165, 1.54) is 24.3 Å². The normalized spacial score (nSPS) is 16.9.